The molecule has 0 spiro atoms. The third-order valence-electron chi connectivity index (χ3n) is 3.77. The zero-order chi connectivity index (χ0) is 15.9. The Hall–Kier alpha value is -2.40. The molecule has 1 N–H and O–H groups in total. The average Bonchev–Trinajstić information content (AvgIpc) is 2.88. The Labute approximate surface area is 132 Å². The summed E-state index contributed by atoms with van der Waals surface area (Å²) in [5, 5.41) is 3.47. The van der Waals surface area contributed by atoms with E-state index in [0.717, 1.165) is 26.2 Å². The molecule has 0 saturated heterocycles. The molecule has 3 rings (SSSR count). The number of hydrogen-bond donors (Lipinski definition) is 1. The molecule has 0 atom stereocenters. The van der Waals surface area contributed by atoms with Gasteiger partial charge in [0.25, 0.3) is 11.5 Å². The second-order valence-corrected chi connectivity index (χ2v) is 6.34. The highest BCUT2D eigenvalue weighted by Crippen LogP contribution is 2.37. The first-order chi connectivity index (χ1) is 10.5. The highest BCUT2D eigenvalue weighted by molar-refractivity contribution is 7.17. The Bertz CT molecular complexity index is 923. The highest BCUT2D eigenvalue weighted by atomic mass is 32.1. The number of nitrogens with zero attached hydrogens (tertiary/aromatic N) is 1. The van der Waals surface area contributed by atoms with Crippen LogP contribution >= 0.6 is 11.3 Å². The SMILES string of the molecule is CNC(=O)c1cc2c(C)sc(-c3ccccc3)c2n(C)c1=O. The maximum Gasteiger partial charge on any atom is 0.263 e. The van der Waals surface area contributed by atoms with E-state index in [2.05, 4.69) is 5.32 Å². The minimum atomic E-state index is -0.352. The lowest BCUT2D eigenvalue weighted by Gasteiger charge is -2.07. The molecule has 0 saturated carbocycles. The van der Waals surface area contributed by atoms with Crippen LogP contribution in [0, 0.1) is 6.92 Å². The highest BCUT2D eigenvalue weighted by Gasteiger charge is 2.18. The van der Waals surface area contributed by atoms with Gasteiger partial charge in [0.05, 0.1) is 10.4 Å². The van der Waals surface area contributed by atoms with Crippen molar-refractivity contribution < 1.29 is 4.79 Å². The largest absolute Gasteiger partial charge is 0.355 e. The fourth-order valence-corrected chi connectivity index (χ4v) is 3.79. The molecule has 112 valence electrons. The normalized spacial score (nSPS) is 10.9. The van der Waals surface area contributed by atoms with Crippen LogP contribution < -0.4 is 10.9 Å². The molecule has 0 bridgehead atoms. The first-order valence-electron chi connectivity index (χ1n) is 6.95. The number of aromatic nitrogens is 1. The summed E-state index contributed by atoms with van der Waals surface area (Å²) in [4.78, 5) is 26.5. The van der Waals surface area contributed by atoms with Crippen molar-refractivity contribution in [3.63, 3.8) is 0 Å². The summed E-state index contributed by atoms with van der Waals surface area (Å²) in [5.41, 5.74) is 1.86. The number of hydrogen-bond acceptors (Lipinski definition) is 3. The lowest BCUT2D eigenvalue weighted by Crippen LogP contribution is -2.30. The van der Waals surface area contributed by atoms with Gasteiger partial charge in [-0.05, 0) is 18.6 Å². The number of pyridine rings is 1. The van der Waals surface area contributed by atoms with Crippen molar-refractivity contribution in [1.29, 1.82) is 0 Å². The van der Waals surface area contributed by atoms with E-state index >= 15 is 0 Å². The minimum absolute atomic E-state index is 0.179. The van der Waals surface area contributed by atoms with Gasteiger partial charge in [0.2, 0.25) is 0 Å². The number of carbonyl (C=O) groups is 1. The number of thiophene rings is 1. The predicted molar refractivity (Wildman–Crippen MR) is 90.6 cm³/mol. The molecule has 0 aliphatic carbocycles. The zero-order valence-electron chi connectivity index (χ0n) is 12.6. The first kappa shape index (κ1) is 14.5. The van der Waals surface area contributed by atoms with Gasteiger partial charge >= 0.3 is 0 Å². The molecule has 4 nitrogen and oxygen atoms in total. The van der Waals surface area contributed by atoms with Crippen LogP contribution in [0.3, 0.4) is 0 Å². The molecule has 1 amide bonds. The van der Waals surface area contributed by atoms with E-state index in [1.807, 2.05) is 37.3 Å². The monoisotopic (exact) mass is 312 g/mol. The quantitative estimate of drug-likeness (QED) is 0.791. The Balaban J connectivity index is 2.39. The van der Waals surface area contributed by atoms with Gasteiger partial charge < -0.3 is 9.88 Å². The standard InChI is InChI=1S/C17H16N2O2S/c1-10-12-9-13(16(20)18-2)17(21)19(3)14(12)15(22-10)11-7-5-4-6-8-11/h4-9H,1-3H3,(H,18,20). The van der Waals surface area contributed by atoms with Gasteiger partial charge in [-0.3, -0.25) is 9.59 Å². The summed E-state index contributed by atoms with van der Waals surface area (Å²) in [6.07, 6.45) is 0. The van der Waals surface area contributed by atoms with Gasteiger partial charge in [0, 0.05) is 24.4 Å². The Morgan fingerprint density at radius 1 is 1.23 bits per heavy atom. The van der Waals surface area contributed by atoms with Crippen LogP contribution in [0.1, 0.15) is 15.2 Å². The van der Waals surface area contributed by atoms with E-state index in [9.17, 15) is 9.59 Å². The maximum absolute atomic E-state index is 12.5. The van der Waals surface area contributed by atoms with E-state index in [-0.39, 0.29) is 17.0 Å². The molecule has 0 unspecified atom stereocenters. The Kier molecular flexibility index (Phi) is 3.58. The number of carbonyl (C=O) groups excluding carboxylic acids is 1. The fraction of sp³-hybridized carbons (Fsp3) is 0.176. The number of rotatable bonds is 2. The lowest BCUT2D eigenvalue weighted by atomic mass is 10.1. The first-order valence-corrected chi connectivity index (χ1v) is 7.77. The number of nitrogens with one attached hydrogen (secondary N) is 1. The average molecular weight is 312 g/mol. The van der Waals surface area contributed by atoms with Crippen LogP contribution in [0.4, 0.5) is 0 Å². The molecule has 0 fully saturated rings. The summed E-state index contributed by atoms with van der Waals surface area (Å²) < 4.78 is 1.58. The molecule has 3 aromatic rings. The second kappa shape index (κ2) is 5.42. The smallest absolute Gasteiger partial charge is 0.263 e. The Morgan fingerprint density at radius 2 is 1.91 bits per heavy atom. The van der Waals surface area contributed by atoms with Gasteiger partial charge in [-0.25, -0.2) is 0 Å². The van der Waals surface area contributed by atoms with Crippen molar-refractivity contribution in [3.05, 3.63) is 57.2 Å². The topological polar surface area (TPSA) is 51.1 Å². The predicted octanol–water partition coefficient (Wildman–Crippen LogP) is 2.94. The molecular formula is C17H16N2O2S. The molecule has 22 heavy (non-hydrogen) atoms. The van der Waals surface area contributed by atoms with Crippen LogP contribution in [-0.4, -0.2) is 17.5 Å². The summed E-state index contributed by atoms with van der Waals surface area (Å²) >= 11 is 1.64. The molecule has 1 aromatic carbocycles. The van der Waals surface area contributed by atoms with Crippen molar-refractivity contribution in [2.75, 3.05) is 7.05 Å². The van der Waals surface area contributed by atoms with E-state index in [1.54, 1.807) is 29.0 Å². The van der Waals surface area contributed by atoms with Crippen molar-refractivity contribution >= 4 is 28.1 Å². The summed E-state index contributed by atoms with van der Waals surface area (Å²) in [5.74, 6) is -0.352. The number of fused-ring (bicyclic) bond motifs is 1. The molecule has 0 radical (unpaired) electrons. The Morgan fingerprint density at radius 3 is 2.55 bits per heavy atom. The van der Waals surface area contributed by atoms with E-state index in [0.29, 0.717) is 0 Å². The van der Waals surface area contributed by atoms with Crippen molar-refractivity contribution in [3.8, 4) is 10.4 Å². The fourth-order valence-electron chi connectivity index (χ4n) is 2.62. The van der Waals surface area contributed by atoms with E-state index < -0.39 is 0 Å². The van der Waals surface area contributed by atoms with Crippen LogP contribution in [-0.2, 0) is 7.05 Å². The third-order valence-corrected chi connectivity index (χ3v) is 4.93. The van der Waals surface area contributed by atoms with E-state index in [1.165, 1.54) is 7.05 Å². The summed E-state index contributed by atoms with van der Waals surface area (Å²) in [7, 11) is 3.25. The van der Waals surface area contributed by atoms with Gasteiger partial charge in [-0.2, -0.15) is 0 Å². The van der Waals surface area contributed by atoms with Crippen molar-refractivity contribution in [2.24, 2.45) is 7.05 Å². The maximum atomic E-state index is 12.5. The van der Waals surface area contributed by atoms with Gasteiger partial charge in [-0.1, -0.05) is 30.3 Å². The zero-order valence-corrected chi connectivity index (χ0v) is 13.5. The van der Waals surface area contributed by atoms with Gasteiger partial charge in [-0.15, -0.1) is 11.3 Å². The third kappa shape index (κ3) is 2.14. The van der Waals surface area contributed by atoms with Crippen molar-refractivity contribution in [1.82, 2.24) is 9.88 Å². The number of amides is 1. The molecular weight excluding hydrogens is 296 g/mol. The van der Waals surface area contributed by atoms with Gasteiger partial charge in [0.15, 0.2) is 0 Å². The van der Waals surface area contributed by atoms with Crippen molar-refractivity contribution in [2.45, 2.75) is 6.92 Å². The molecule has 2 heterocycles. The van der Waals surface area contributed by atoms with Gasteiger partial charge in [0.1, 0.15) is 5.56 Å². The molecule has 0 aliphatic rings. The van der Waals surface area contributed by atoms with E-state index in [4.69, 9.17) is 0 Å². The second-order valence-electron chi connectivity index (χ2n) is 5.12. The van der Waals surface area contributed by atoms with Crippen LogP contribution in [0.15, 0.2) is 41.2 Å². The molecule has 5 heteroatoms. The van der Waals surface area contributed by atoms with Crippen LogP contribution in [0.2, 0.25) is 0 Å². The lowest BCUT2D eigenvalue weighted by molar-refractivity contribution is 0.0961. The van der Waals surface area contributed by atoms with Crippen LogP contribution in [0.5, 0.6) is 0 Å². The van der Waals surface area contributed by atoms with Crippen LogP contribution in [0.25, 0.3) is 21.3 Å². The number of benzene rings is 1. The molecule has 2 aromatic heterocycles. The summed E-state index contributed by atoms with van der Waals surface area (Å²) in [6, 6.07) is 11.7. The molecule has 0 aliphatic heterocycles. The minimum Gasteiger partial charge on any atom is -0.355 e. The number of aryl methyl sites for hydroxylation is 2. The summed E-state index contributed by atoms with van der Waals surface area (Å²) in [6.45, 7) is 2.01.